The molecule has 6 heteroatoms. The molecule has 30 heavy (non-hydrogen) atoms. The fourth-order valence-electron chi connectivity index (χ4n) is 3.32. The van der Waals surface area contributed by atoms with Crippen molar-refractivity contribution in [3.05, 3.63) is 59.8 Å². The highest BCUT2D eigenvalue weighted by Gasteiger charge is 2.19. The number of hydrogen-bond acceptors (Lipinski definition) is 6. The summed E-state index contributed by atoms with van der Waals surface area (Å²) in [6.07, 6.45) is 3.63. The number of fused-ring (bicyclic) bond motifs is 1. The quantitative estimate of drug-likeness (QED) is 0.465. The van der Waals surface area contributed by atoms with Crippen LogP contribution in [-0.2, 0) is 6.42 Å². The summed E-state index contributed by atoms with van der Waals surface area (Å²) in [7, 11) is 1.61. The normalized spacial score (nSPS) is 11.9. The van der Waals surface area contributed by atoms with Gasteiger partial charge in [-0.15, -0.1) is 0 Å². The Hall–Kier alpha value is -3.54. The first-order valence-corrected chi connectivity index (χ1v) is 9.93. The highest BCUT2D eigenvalue weighted by atomic mass is 16.7. The van der Waals surface area contributed by atoms with Crippen LogP contribution in [0.25, 0.3) is 11.1 Å². The molecule has 2 aromatic carbocycles. The molecule has 3 aromatic rings. The monoisotopic (exact) mass is 405 g/mol. The van der Waals surface area contributed by atoms with Crippen molar-refractivity contribution in [3.63, 3.8) is 0 Å². The van der Waals surface area contributed by atoms with Crippen molar-refractivity contribution >= 4 is 6.29 Å². The first-order valence-electron chi connectivity index (χ1n) is 9.93. The molecule has 0 saturated carbocycles. The number of pyridine rings is 1. The number of rotatable bonds is 8. The van der Waals surface area contributed by atoms with E-state index in [1.165, 1.54) is 0 Å². The maximum Gasteiger partial charge on any atom is 0.231 e. The van der Waals surface area contributed by atoms with Gasteiger partial charge < -0.3 is 18.9 Å². The van der Waals surface area contributed by atoms with Gasteiger partial charge in [0.2, 0.25) is 12.7 Å². The van der Waals surface area contributed by atoms with Crippen LogP contribution in [0.2, 0.25) is 0 Å². The first-order chi connectivity index (χ1) is 14.7. The molecule has 1 aliphatic rings. The number of benzene rings is 2. The van der Waals surface area contributed by atoms with E-state index in [0.29, 0.717) is 22.8 Å². The predicted molar refractivity (Wildman–Crippen MR) is 113 cm³/mol. The molecule has 154 valence electrons. The van der Waals surface area contributed by atoms with Gasteiger partial charge in [0.15, 0.2) is 17.8 Å². The third-order valence-electron chi connectivity index (χ3n) is 4.94. The number of carbonyl (C=O) groups excluding carboxylic acids is 1. The smallest absolute Gasteiger partial charge is 0.231 e. The van der Waals surface area contributed by atoms with Crippen molar-refractivity contribution in [2.45, 2.75) is 26.2 Å². The summed E-state index contributed by atoms with van der Waals surface area (Å²) in [5.41, 5.74) is 2.87. The molecular formula is C24H23NO5. The Kier molecular flexibility index (Phi) is 5.84. The lowest BCUT2D eigenvalue weighted by atomic mass is 9.99. The Morgan fingerprint density at radius 2 is 1.80 bits per heavy atom. The summed E-state index contributed by atoms with van der Waals surface area (Å²) in [6.45, 7) is 2.33. The van der Waals surface area contributed by atoms with Crippen molar-refractivity contribution < 1.29 is 23.7 Å². The van der Waals surface area contributed by atoms with E-state index in [1.54, 1.807) is 31.4 Å². The Bertz CT molecular complexity index is 1050. The molecule has 0 atom stereocenters. The summed E-state index contributed by atoms with van der Waals surface area (Å²) in [4.78, 5) is 16.7. The minimum Gasteiger partial charge on any atom is -0.497 e. The second kappa shape index (κ2) is 8.86. The van der Waals surface area contributed by atoms with E-state index in [0.717, 1.165) is 48.1 Å². The number of ether oxygens (including phenoxy) is 4. The number of unbranched alkanes of at least 4 members (excludes halogenated alkanes) is 1. The van der Waals surface area contributed by atoms with Gasteiger partial charge in [0.05, 0.1) is 12.7 Å². The zero-order valence-corrected chi connectivity index (χ0v) is 17.0. The van der Waals surface area contributed by atoms with Crippen molar-refractivity contribution in [2.24, 2.45) is 0 Å². The second-order valence-corrected chi connectivity index (χ2v) is 6.95. The molecular weight excluding hydrogens is 382 g/mol. The molecule has 1 aliphatic heterocycles. The van der Waals surface area contributed by atoms with E-state index in [4.69, 9.17) is 18.9 Å². The summed E-state index contributed by atoms with van der Waals surface area (Å²) in [5.74, 6) is 2.95. The Morgan fingerprint density at radius 3 is 2.53 bits per heavy atom. The van der Waals surface area contributed by atoms with Crippen molar-refractivity contribution in [3.8, 4) is 40.0 Å². The molecule has 0 radical (unpaired) electrons. The average molecular weight is 405 g/mol. The lowest BCUT2D eigenvalue weighted by Gasteiger charge is -2.14. The largest absolute Gasteiger partial charge is 0.497 e. The van der Waals surface area contributed by atoms with Crippen LogP contribution in [-0.4, -0.2) is 25.2 Å². The minimum absolute atomic E-state index is 0.198. The molecule has 0 fully saturated rings. The zero-order chi connectivity index (χ0) is 20.9. The van der Waals surface area contributed by atoms with Crippen molar-refractivity contribution in [1.29, 1.82) is 0 Å². The van der Waals surface area contributed by atoms with E-state index in [-0.39, 0.29) is 12.7 Å². The highest BCUT2D eigenvalue weighted by molar-refractivity contribution is 5.91. The van der Waals surface area contributed by atoms with Gasteiger partial charge >= 0.3 is 0 Å². The Morgan fingerprint density at radius 1 is 1.03 bits per heavy atom. The maximum absolute atomic E-state index is 12.1. The van der Waals surface area contributed by atoms with E-state index in [9.17, 15) is 4.79 Å². The topological polar surface area (TPSA) is 66.9 Å². The van der Waals surface area contributed by atoms with Crippen LogP contribution < -0.4 is 18.9 Å². The molecule has 0 aliphatic carbocycles. The maximum atomic E-state index is 12.1. The molecule has 0 spiro atoms. The Balaban J connectivity index is 1.77. The summed E-state index contributed by atoms with van der Waals surface area (Å²) >= 11 is 0. The van der Waals surface area contributed by atoms with Crippen LogP contribution in [0.3, 0.4) is 0 Å². The molecule has 0 saturated heterocycles. The van der Waals surface area contributed by atoms with Crippen LogP contribution in [0.5, 0.6) is 28.9 Å². The summed E-state index contributed by atoms with van der Waals surface area (Å²) < 4.78 is 22.1. The standard InChI is InChI=1S/C24H23NO5/c1-3-4-5-17-13-20(16-6-11-22-23(12-16)29-15-28-22)21(14-26)24(25-17)30-19-9-7-18(27-2)8-10-19/h6-14H,3-5,15H2,1-2H3. The van der Waals surface area contributed by atoms with Crippen molar-refractivity contribution in [1.82, 2.24) is 4.98 Å². The number of carbonyl (C=O) groups is 1. The lowest BCUT2D eigenvalue weighted by Crippen LogP contribution is -2.02. The minimum atomic E-state index is 0.198. The fraction of sp³-hybridized carbons (Fsp3) is 0.250. The van der Waals surface area contributed by atoms with E-state index < -0.39 is 0 Å². The van der Waals surface area contributed by atoms with E-state index >= 15 is 0 Å². The van der Waals surface area contributed by atoms with Gasteiger partial charge in [0.1, 0.15) is 11.5 Å². The number of methoxy groups -OCH3 is 1. The van der Waals surface area contributed by atoms with Gasteiger partial charge in [-0.25, -0.2) is 4.98 Å². The third-order valence-corrected chi connectivity index (χ3v) is 4.94. The lowest BCUT2D eigenvalue weighted by molar-refractivity contribution is 0.112. The molecule has 1 aromatic heterocycles. The second-order valence-electron chi connectivity index (χ2n) is 6.95. The van der Waals surface area contributed by atoms with E-state index in [2.05, 4.69) is 11.9 Å². The molecule has 4 rings (SSSR count). The van der Waals surface area contributed by atoms with Crippen LogP contribution in [0.15, 0.2) is 48.5 Å². The van der Waals surface area contributed by atoms with Gasteiger partial charge in [-0.2, -0.15) is 0 Å². The van der Waals surface area contributed by atoms with Gasteiger partial charge in [-0.1, -0.05) is 19.4 Å². The summed E-state index contributed by atoms with van der Waals surface area (Å²) in [6, 6.07) is 14.8. The van der Waals surface area contributed by atoms with Crippen LogP contribution >= 0.6 is 0 Å². The number of nitrogens with zero attached hydrogens (tertiary/aromatic N) is 1. The zero-order valence-electron chi connectivity index (χ0n) is 17.0. The molecule has 0 amide bonds. The first kappa shape index (κ1) is 19.8. The highest BCUT2D eigenvalue weighted by Crippen LogP contribution is 2.39. The third kappa shape index (κ3) is 4.08. The van der Waals surface area contributed by atoms with Gasteiger partial charge in [0, 0.05) is 5.69 Å². The SMILES string of the molecule is CCCCc1cc(-c2ccc3c(c2)OCO3)c(C=O)c(Oc2ccc(OC)cc2)n1. The fourth-order valence-corrected chi connectivity index (χ4v) is 3.32. The van der Waals surface area contributed by atoms with Crippen LogP contribution in [0.1, 0.15) is 35.8 Å². The number of hydrogen-bond donors (Lipinski definition) is 0. The molecule has 2 heterocycles. The molecule has 0 unspecified atom stereocenters. The average Bonchev–Trinajstić information content (AvgIpc) is 3.26. The molecule has 0 bridgehead atoms. The predicted octanol–water partition coefficient (Wildman–Crippen LogP) is 5.43. The summed E-state index contributed by atoms with van der Waals surface area (Å²) in [5, 5.41) is 0. The number of aryl methyl sites for hydroxylation is 1. The van der Waals surface area contributed by atoms with Crippen molar-refractivity contribution in [2.75, 3.05) is 13.9 Å². The van der Waals surface area contributed by atoms with E-state index in [1.807, 2.05) is 24.3 Å². The van der Waals surface area contributed by atoms with Crippen LogP contribution in [0.4, 0.5) is 0 Å². The Labute approximate surface area is 175 Å². The van der Waals surface area contributed by atoms with Gasteiger partial charge in [0.25, 0.3) is 0 Å². The number of aromatic nitrogens is 1. The number of aldehydes is 1. The van der Waals surface area contributed by atoms with Gasteiger partial charge in [-0.05, 0) is 66.4 Å². The van der Waals surface area contributed by atoms with Crippen LogP contribution in [0, 0.1) is 0 Å². The van der Waals surface area contributed by atoms with Gasteiger partial charge in [-0.3, -0.25) is 4.79 Å². The molecule has 0 N–H and O–H groups in total. The molecule has 6 nitrogen and oxygen atoms in total.